The van der Waals surface area contributed by atoms with Crippen molar-refractivity contribution in [1.82, 2.24) is 10.7 Å². The zero-order valence-electron chi connectivity index (χ0n) is 18.5. The second-order valence-electron chi connectivity index (χ2n) is 7.12. The Hall–Kier alpha value is -3.43. The van der Waals surface area contributed by atoms with Gasteiger partial charge >= 0.3 is 11.8 Å². The number of nitrogens with zero attached hydrogens (tertiary/aromatic N) is 1. The van der Waals surface area contributed by atoms with Crippen LogP contribution in [-0.4, -0.2) is 49.8 Å². The summed E-state index contributed by atoms with van der Waals surface area (Å²) in [5.74, 6) is -1.59. The Morgan fingerprint density at radius 2 is 1.88 bits per heavy atom. The predicted molar refractivity (Wildman–Crippen MR) is 126 cm³/mol. The van der Waals surface area contributed by atoms with Gasteiger partial charge in [0, 0.05) is 13.2 Å². The Kier molecular flexibility index (Phi) is 10.9. The van der Waals surface area contributed by atoms with Crippen LogP contribution < -0.4 is 20.8 Å². The lowest BCUT2D eigenvalue weighted by Crippen LogP contribution is -2.38. The van der Waals surface area contributed by atoms with Crippen LogP contribution in [0.25, 0.3) is 0 Å². The number of amides is 3. The van der Waals surface area contributed by atoms with Crippen molar-refractivity contribution in [1.29, 1.82) is 0 Å². The first-order valence-corrected chi connectivity index (χ1v) is 10.7. The van der Waals surface area contributed by atoms with E-state index in [4.69, 9.17) is 21.1 Å². The van der Waals surface area contributed by atoms with Crippen LogP contribution in [0.1, 0.15) is 25.8 Å². The number of para-hydroxylation sites is 1. The SMILES string of the molecule is CC(C)OCCCNC(=O)C(=O)N/N=C\c1cccc(OCC(=O)Nc2ccccc2Cl)c1. The lowest BCUT2D eigenvalue weighted by atomic mass is 10.2. The molecule has 0 aliphatic rings. The second-order valence-corrected chi connectivity index (χ2v) is 7.52. The number of anilines is 1. The molecule has 0 saturated heterocycles. The van der Waals surface area contributed by atoms with Gasteiger partial charge in [0.05, 0.1) is 23.0 Å². The molecule has 0 aliphatic carbocycles. The highest BCUT2D eigenvalue weighted by Gasteiger charge is 2.11. The van der Waals surface area contributed by atoms with Gasteiger partial charge in [-0.25, -0.2) is 5.43 Å². The van der Waals surface area contributed by atoms with Crippen molar-refractivity contribution in [3.63, 3.8) is 0 Å². The maximum absolute atomic E-state index is 12.1. The van der Waals surface area contributed by atoms with Crippen LogP contribution in [0.15, 0.2) is 53.6 Å². The topological polar surface area (TPSA) is 118 Å². The van der Waals surface area contributed by atoms with Crippen molar-refractivity contribution in [2.75, 3.05) is 25.1 Å². The summed E-state index contributed by atoms with van der Waals surface area (Å²) in [6.45, 7) is 4.45. The van der Waals surface area contributed by atoms with Crippen LogP contribution in [0.2, 0.25) is 5.02 Å². The molecule has 2 rings (SSSR count). The number of carbonyl (C=O) groups is 3. The molecule has 10 heteroatoms. The van der Waals surface area contributed by atoms with Crippen LogP contribution in [0.5, 0.6) is 5.75 Å². The summed E-state index contributed by atoms with van der Waals surface area (Å²) >= 11 is 6.01. The molecule has 176 valence electrons. The quantitative estimate of drug-likeness (QED) is 0.200. The number of benzene rings is 2. The molecule has 33 heavy (non-hydrogen) atoms. The van der Waals surface area contributed by atoms with Crippen molar-refractivity contribution in [3.05, 3.63) is 59.1 Å². The molecule has 2 aromatic carbocycles. The lowest BCUT2D eigenvalue weighted by molar-refractivity contribution is -0.139. The summed E-state index contributed by atoms with van der Waals surface area (Å²) in [7, 11) is 0. The molecule has 0 aromatic heterocycles. The molecule has 0 bridgehead atoms. The van der Waals surface area contributed by atoms with Crippen molar-refractivity contribution in [2.24, 2.45) is 5.10 Å². The molecule has 0 spiro atoms. The standard InChI is InChI=1S/C23H27ClN4O5/c1-16(2)32-12-6-11-25-22(30)23(31)28-26-14-17-7-5-8-18(13-17)33-15-21(29)27-20-10-4-3-9-19(20)24/h3-5,7-10,13-14,16H,6,11-12,15H2,1-2H3,(H,25,30)(H,27,29)(H,28,31)/b26-14-. The molecule has 9 nitrogen and oxygen atoms in total. The number of hydrogen-bond acceptors (Lipinski definition) is 6. The maximum atomic E-state index is 12.1. The smallest absolute Gasteiger partial charge is 0.329 e. The summed E-state index contributed by atoms with van der Waals surface area (Å²) in [4.78, 5) is 35.6. The lowest BCUT2D eigenvalue weighted by Gasteiger charge is -2.09. The molecule has 0 aliphatic heterocycles. The van der Waals surface area contributed by atoms with Gasteiger partial charge in [0.15, 0.2) is 6.61 Å². The number of hydrazone groups is 1. The number of rotatable bonds is 11. The summed E-state index contributed by atoms with van der Waals surface area (Å²) < 4.78 is 10.8. The molecule has 0 unspecified atom stereocenters. The van der Waals surface area contributed by atoms with E-state index in [-0.39, 0.29) is 18.6 Å². The van der Waals surface area contributed by atoms with Gasteiger partial charge in [0.1, 0.15) is 5.75 Å². The van der Waals surface area contributed by atoms with Crippen molar-refractivity contribution in [2.45, 2.75) is 26.4 Å². The molecule has 0 heterocycles. The molecule has 0 radical (unpaired) electrons. The van der Waals surface area contributed by atoms with E-state index in [2.05, 4.69) is 21.2 Å². The minimum absolute atomic E-state index is 0.118. The van der Waals surface area contributed by atoms with Gasteiger partial charge in [-0.1, -0.05) is 35.9 Å². The zero-order valence-corrected chi connectivity index (χ0v) is 19.2. The second kappa shape index (κ2) is 13.9. The molecule has 0 atom stereocenters. The molecule has 3 N–H and O–H groups in total. The Morgan fingerprint density at radius 1 is 1.09 bits per heavy atom. The zero-order chi connectivity index (χ0) is 24.1. The Bertz CT molecular complexity index is 981. The monoisotopic (exact) mass is 474 g/mol. The average Bonchev–Trinajstić information content (AvgIpc) is 2.79. The highest BCUT2D eigenvalue weighted by molar-refractivity contribution is 6.35. The van der Waals surface area contributed by atoms with Crippen LogP contribution in [0.4, 0.5) is 5.69 Å². The number of ether oxygens (including phenoxy) is 2. The summed E-state index contributed by atoms with van der Waals surface area (Å²) in [6, 6.07) is 13.6. The third-order valence-electron chi connectivity index (χ3n) is 4.02. The minimum Gasteiger partial charge on any atom is -0.484 e. The van der Waals surface area contributed by atoms with Gasteiger partial charge in [-0.2, -0.15) is 5.10 Å². The fourth-order valence-corrected chi connectivity index (χ4v) is 2.65. The molecule has 3 amide bonds. The van der Waals surface area contributed by atoms with E-state index in [1.54, 1.807) is 48.5 Å². The number of hydrogen-bond donors (Lipinski definition) is 3. The fraction of sp³-hybridized carbons (Fsp3) is 0.304. The molecular weight excluding hydrogens is 448 g/mol. The fourth-order valence-electron chi connectivity index (χ4n) is 2.47. The van der Waals surface area contributed by atoms with E-state index in [9.17, 15) is 14.4 Å². The van der Waals surface area contributed by atoms with Crippen molar-refractivity contribution in [3.8, 4) is 5.75 Å². The van der Waals surface area contributed by atoms with E-state index in [1.807, 2.05) is 13.8 Å². The van der Waals surface area contributed by atoms with Crippen LogP contribution in [-0.2, 0) is 19.1 Å². The third kappa shape index (κ3) is 10.2. The number of halogens is 1. The van der Waals surface area contributed by atoms with Gasteiger partial charge < -0.3 is 20.1 Å². The largest absolute Gasteiger partial charge is 0.484 e. The van der Waals surface area contributed by atoms with E-state index < -0.39 is 11.8 Å². The Labute approximate surface area is 197 Å². The van der Waals surface area contributed by atoms with Crippen molar-refractivity contribution >= 4 is 41.2 Å². The average molecular weight is 475 g/mol. The first kappa shape index (κ1) is 25.8. The maximum Gasteiger partial charge on any atom is 0.329 e. The summed E-state index contributed by atoms with van der Waals surface area (Å²) in [5.41, 5.74) is 3.26. The van der Waals surface area contributed by atoms with Gasteiger partial charge in [0.25, 0.3) is 5.91 Å². The number of carbonyl (C=O) groups excluding carboxylic acids is 3. The van der Waals surface area contributed by atoms with Crippen LogP contribution in [0, 0.1) is 0 Å². The first-order valence-electron chi connectivity index (χ1n) is 10.3. The van der Waals surface area contributed by atoms with Crippen LogP contribution in [0.3, 0.4) is 0 Å². The highest BCUT2D eigenvalue weighted by Crippen LogP contribution is 2.20. The van der Waals surface area contributed by atoms with Crippen LogP contribution >= 0.6 is 11.6 Å². The normalized spacial score (nSPS) is 10.8. The van der Waals surface area contributed by atoms with E-state index in [1.165, 1.54) is 6.21 Å². The first-order chi connectivity index (χ1) is 15.8. The minimum atomic E-state index is -0.875. The van der Waals surface area contributed by atoms with E-state index in [0.29, 0.717) is 41.6 Å². The Balaban J connectivity index is 1.75. The molecule has 0 fully saturated rings. The van der Waals surface area contributed by atoms with Gasteiger partial charge in [-0.3, -0.25) is 14.4 Å². The summed E-state index contributed by atoms with van der Waals surface area (Å²) in [5, 5.41) is 9.36. The predicted octanol–water partition coefficient (Wildman–Crippen LogP) is 2.74. The molecule has 0 saturated carbocycles. The van der Waals surface area contributed by atoms with E-state index >= 15 is 0 Å². The number of nitrogens with one attached hydrogen (secondary N) is 3. The van der Waals surface area contributed by atoms with E-state index in [0.717, 1.165) is 0 Å². The van der Waals surface area contributed by atoms with Gasteiger partial charge in [0.2, 0.25) is 0 Å². The molecular formula is C23H27ClN4O5. The van der Waals surface area contributed by atoms with Gasteiger partial charge in [-0.15, -0.1) is 0 Å². The molecule has 2 aromatic rings. The van der Waals surface area contributed by atoms with Crippen molar-refractivity contribution < 1.29 is 23.9 Å². The highest BCUT2D eigenvalue weighted by atomic mass is 35.5. The van der Waals surface area contributed by atoms with Gasteiger partial charge in [-0.05, 0) is 50.1 Å². The Morgan fingerprint density at radius 3 is 2.64 bits per heavy atom. The summed E-state index contributed by atoms with van der Waals surface area (Å²) in [6.07, 6.45) is 2.08. The third-order valence-corrected chi connectivity index (χ3v) is 4.35.